The largest absolute Gasteiger partial charge is 0.320 e. The van der Waals surface area contributed by atoms with Gasteiger partial charge < -0.3 is 5.73 Å². The lowest BCUT2D eigenvalue weighted by Crippen LogP contribution is -2.11. The molecule has 0 amide bonds. The minimum absolute atomic E-state index is 0.167. The van der Waals surface area contributed by atoms with Crippen LogP contribution in [0.5, 0.6) is 0 Å². The Morgan fingerprint density at radius 2 is 1.89 bits per heavy atom. The summed E-state index contributed by atoms with van der Waals surface area (Å²) in [4.78, 5) is 2.31. The Kier molecular flexibility index (Phi) is 3.33. The standard InChI is InChI=1S/C14H12ClF2NS/c15-9-6-11(17)10(16)5-8(9)14(18)13-4-7-2-1-3-12(7)19-13/h4-6,14H,1-3,18H2. The summed E-state index contributed by atoms with van der Waals surface area (Å²) in [5.41, 5.74) is 7.89. The second-order valence-corrected chi connectivity index (χ2v) is 6.29. The predicted molar refractivity (Wildman–Crippen MR) is 73.7 cm³/mol. The minimum Gasteiger partial charge on any atom is -0.320 e. The van der Waals surface area contributed by atoms with Crippen LogP contribution in [0.1, 0.15) is 33.3 Å². The number of benzene rings is 1. The van der Waals surface area contributed by atoms with Crippen molar-refractivity contribution in [3.05, 3.63) is 55.7 Å². The molecule has 1 aliphatic rings. The first kappa shape index (κ1) is 13.0. The zero-order chi connectivity index (χ0) is 13.6. The van der Waals surface area contributed by atoms with Gasteiger partial charge in [0.25, 0.3) is 0 Å². The number of halogens is 3. The Balaban J connectivity index is 1.99. The summed E-state index contributed by atoms with van der Waals surface area (Å²) in [5.74, 6) is -1.87. The van der Waals surface area contributed by atoms with E-state index in [2.05, 4.69) is 6.07 Å². The molecule has 0 aliphatic heterocycles. The van der Waals surface area contributed by atoms with Crippen molar-refractivity contribution < 1.29 is 8.78 Å². The van der Waals surface area contributed by atoms with Gasteiger partial charge in [-0.3, -0.25) is 0 Å². The molecule has 1 aromatic heterocycles. The molecule has 1 nitrogen and oxygen atoms in total. The molecule has 0 radical (unpaired) electrons. The van der Waals surface area contributed by atoms with E-state index in [0.29, 0.717) is 5.56 Å². The number of hydrogen-bond acceptors (Lipinski definition) is 2. The van der Waals surface area contributed by atoms with Crippen LogP contribution in [0.25, 0.3) is 0 Å². The van der Waals surface area contributed by atoms with Crippen molar-refractivity contribution in [1.82, 2.24) is 0 Å². The van der Waals surface area contributed by atoms with E-state index in [4.69, 9.17) is 17.3 Å². The minimum atomic E-state index is -0.949. The van der Waals surface area contributed by atoms with Gasteiger partial charge in [-0.15, -0.1) is 11.3 Å². The lowest BCUT2D eigenvalue weighted by Gasteiger charge is -2.12. The zero-order valence-electron chi connectivity index (χ0n) is 10.1. The maximum absolute atomic E-state index is 13.3. The molecule has 3 rings (SSSR count). The number of aryl methyl sites for hydroxylation is 2. The van der Waals surface area contributed by atoms with Crippen LogP contribution in [-0.2, 0) is 12.8 Å². The van der Waals surface area contributed by atoms with E-state index in [9.17, 15) is 8.78 Å². The number of rotatable bonds is 2. The molecule has 1 aromatic carbocycles. The Hall–Kier alpha value is -0.970. The number of fused-ring (bicyclic) bond motifs is 1. The third-order valence-electron chi connectivity index (χ3n) is 3.45. The summed E-state index contributed by atoms with van der Waals surface area (Å²) in [6.45, 7) is 0. The molecule has 0 bridgehead atoms. The lowest BCUT2D eigenvalue weighted by molar-refractivity contribution is 0.506. The van der Waals surface area contributed by atoms with Crippen LogP contribution < -0.4 is 5.73 Å². The molecule has 0 spiro atoms. The van der Waals surface area contributed by atoms with Crippen molar-refractivity contribution in [1.29, 1.82) is 0 Å². The second kappa shape index (κ2) is 4.85. The van der Waals surface area contributed by atoms with E-state index >= 15 is 0 Å². The topological polar surface area (TPSA) is 26.0 Å². The molecule has 1 aliphatic carbocycles. The first-order valence-corrected chi connectivity index (χ1v) is 7.27. The third kappa shape index (κ3) is 2.29. The molecule has 0 saturated carbocycles. The first-order chi connectivity index (χ1) is 9.06. The van der Waals surface area contributed by atoms with Crippen molar-refractivity contribution in [2.75, 3.05) is 0 Å². The summed E-state index contributed by atoms with van der Waals surface area (Å²) in [6, 6.07) is 3.63. The molecular formula is C14H12ClF2NS. The van der Waals surface area contributed by atoms with Crippen LogP contribution in [0.4, 0.5) is 8.78 Å². The highest BCUT2D eigenvalue weighted by molar-refractivity contribution is 7.12. The smallest absolute Gasteiger partial charge is 0.160 e. The molecule has 19 heavy (non-hydrogen) atoms. The van der Waals surface area contributed by atoms with Crippen molar-refractivity contribution in [2.45, 2.75) is 25.3 Å². The van der Waals surface area contributed by atoms with E-state index in [1.807, 2.05) is 0 Å². The predicted octanol–water partition coefficient (Wildman–Crippen LogP) is 4.22. The first-order valence-electron chi connectivity index (χ1n) is 6.08. The fraction of sp³-hybridized carbons (Fsp3) is 0.286. The highest BCUT2D eigenvalue weighted by Crippen LogP contribution is 2.37. The van der Waals surface area contributed by atoms with Gasteiger partial charge in [-0.2, -0.15) is 0 Å². The highest BCUT2D eigenvalue weighted by atomic mass is 35.5. The molecule has 1 unspecified atom stereocenters. The summed E-state index contributed by atoms with van der Waals surface area (Å²) >= 11 is 7.60. The molecule has 1 heterocycles. The van der Waals surface area contributed by atoms with Gasteiger partial charge in [-0.25, -0.2) is 8.78 Å². The van der Waals surface area contributed by atoms with Crippen LogP contribution in [0, 0.1) is 11.6 Å². The summed E-state index contributed by atoms with van der Waals surface area (Å²) < 4.78 is 26.4. The fourth-order valence-corrected chi connectivity index (χ4v) is 3.98. The van der Waals surface area contributed by atoms with Crippen LogP contribution in [-0.4, -0.2) is 0 Å². The molecule has 0 saturated heterocycles. The summed E-state index contributed by atoms with van der Waals surface area (Å²) in [5, 5.41) is 0.167. The molecule has 2 N–H and O–H groups in total. The number of nitrogens with two attached hydrogens (primary N) is 1. The van der Waals surface area contributed by atoms with Gasteiger partial charge in [0.1, 0.15) is 0 Å². The van der Waals surface area contributed by atoms with E-state index in [1.54, 1.807) is 11.3 Å². The maximum Gasteiger partial charge on any atom is 0.160 e. The molecule has 100 valence electrons. The zero-order valence-corrected chi connectivity index (χ0v) is 11.6. The molecule has 5 heteroatoms. The Labute approximate surface area is 119 Å². The van der Waals surface area contributed by atoms with Crippen LogP contribution in [0.3, 0.4) is 0 Å². The van der Waals surface area contributed by atoms with Crippen LogP contribution >= 0.6 is 22.9 Å². The lowest BCUT2D eigenvalue weighted by atomic mass is 10.0. The van der Waals surface area contributed by atoms with Crippen molar-refractivity contribution in [2.24, 2.45) is 5.73 Å². The Morgan fingerprint density at radius 1 is 1.16 bits per heavy atom. The van der Waals surface area contributed by atoms with Gasteiger partial charge in [0.15, 0.2) is 11.6 Å². The molecule has 2 aromatic rings. The average molecular weight is 300 g/mol. The van der Waals surface area contributed by atoms with Gasteiger partial charge in [0.05, 0.1) is 6.04 Å². The quantitative estimate of drug-likeness (QED) is 0.826. The fourth-order valence-electron chi connectivity index (χ4n) is 2.43. The summed E-state index contributed by atoms with van der Waals surface area (Å²) in [6.07, 6.45) is 3.34. The van der Waals surface area contributed by atoms with E-state index in [1.165, 1.54) is 16.9 Å². The molecular weight excluding hydrogens is 288 g/mol. The van der Waals surface area contributed by atoms with E-state index < -0.39 is 17.7 Å². The number of hydrogen-bond donors (Lipinski definition) is 1. The van der Waals surface area contributed by atoms with Gasteiger partial charge in [-0.1, -0.05) is 11.6 Å². The van der Waals surface area contributed by atoms with Crippen molar-refractivity contribution >= 4 is 22.9 Å². The highest BCUT2D eigenvalue weighted by Gasteiger charge is 2.21. The van der Waals surface area contributed by atoms with Gasteiger partial charge >= 0.3 is 0 Å². The molecule has 0 fully saturated rings. The van der Waals surface area contributed by atoms with E-state index in [0.717, 1.165) is 29.9 Å². The van der Waals surface area contributed by atoms with Crippen LogP contribution in [0.2, 0.25) is 5.02 Å². The normalized spacial score (nSPS) is 15.6. The number of thiophene rings is 1. The second-order valence-electron chi connectivity index (χ2n) is 4.72. The third-order valence-corrected chi connectivity index (χ3v) is 5.09. The molecule has 1 atom stereocenters. The Bertz CT molecular complexity index is 617. The van der Waals surface area contributed by atoms with Gasteiger partial charge in [0.2, 0.25) is 0 Å². The van der Waals surface area contributed by atoms with E-state index in [-0.39, 0.29) is 5.02 Å². The summed E-state index contributed by atoms with van der Waals surface area (Å²) in [7, 11) is 0. The average Bonchev–Trinajstić information content (AvgIpc) is 2.93. The monoisotopic (exact) mass is 299 g/mol. The SMILES string of the molecule is NC(c1cc2c(s1)CCC2)c1cc(F)c(F)cc1Cl. The Morgan fingerprint density at radius 3 is 2.63 bits per heavy atom. The van der Waals surface area contributed by atoms with Gasteiger partial charge in [0, 0.05) is 14.8 Å². The maximum atomic E-state index is 13.3. The van der Waals surface area contributed by atoms with Crippen molar-refractivity contribution in [3.63, 3.8) is 0 Å². The van der Waals surface area contributed by atoms with Crippen LogP contribution in [0.15, 0.2) is 18.2 Å². The van der Waals surface area contributed by atoms with Crippen molar-refractivity contribution in [3.8, 4) is 0 Å². The van der Waals surface area contributed by atoms with Gasteiger partial charge in [-0.05, 0) is 48.6 Å².